The van der Waals surface area contributed by atoms with Crippen molar-refractivity contribution in [3.8, 4) is 34.0 Å². The first kappa shape index (κ1) is 19.8. The van der Waals surface area contributed by atoms with Gasteiger partial charge in [0.05, 0.1) is 22.6 Å². The van der Waals surface area contributed by atoms with Crippen molar-refractivity contribution in [1.29, 1.82) is 0 Å². The van der Waals surface area contributed by atoms with Crippen molar-refractivity contribution in [3.63, 3.8) is 0 Å². The molecule has 4 rings (SSSR count). The summed E-state index contributed by atoms with van der Waals surface area (Å²) in [4.78, 5) is 0. The van der Waals surface area contributed by atoms with E-state index in [2.05, 4.69) is 11.2 Å². The van der Waals surface area contributed by atoms with Crippen molar-refractivity contribution in [2.24, 2.45) is 0 Å². The Morgan fingerprint density at radius 2 is 1.60 bits per heavy atom. The third-order valence-corrected chi connectivity index (χ3v) is 4.91. The molecule has 3 nitrogen and oxygen atoms in total. The Labute approximate surface area is 172 Å². The molecule has 1 radical (unpaired) electrons. The molecule has 30 heavy (non-hydrogen) atoms. The number of phenols is 1. The Bertz CT molecular complexity index is 1160. The van der Waals surface area contributed by atoms with E-state index in [0.717, 1.165) is 17.2 Å². The van der Waals surface area contributed by atoms with Gasteiger partial charge in [-0.2, -0.15) is 18.3 Å². The van der Waals surface area contributed by atoms with Crippen LogP contribution in [0.4, 0.5) is 13.2 Å². The maximum Gasteiger partial charge on any atom is 0.418 e. The van der Waals surface area contributed by atoms with Crippen LogP contribution < -0.4 is 0 Å². The molecule has 0 saturated carbocycles. The Kier molecular flexibility index (Phi) is 5.08. The van der Waals surface area contributed by atoms with Crippen LogP contribution in [0.25, 0.3) is 28.2 Å². The van der Waals surface area contributed by atoms with Crippen LogP contribution in [0, 0.1) is 6.07 Å². The summed E-state index contributed by atoms with van der Waals surface area (Å²) in [5.74, 6) is 0.0809. The molecule has 0 saturated heterocycles. The first-order valence-corrected chi connectivity index (χ1v) is 9.44. The Hall–Kier alpha value is -3.54. The van der Waals surface area contributed by atoms with E-state index in [4.69, 9.17) is 0 Å². The van der Waals surface area contributed by atoms with E-state index in [0.29, 0.717) is 23.4 Å². The zero-order valence-corrected chi connectivity index (χ0v) is 16.1. The van der Waals surface area contributed by atoms with Gasteiger partial charge in [0.1, 0.15) is 5.75 Å². The first-order chi connectivity index (χ1) is 14.4. The van der Waals surface area contributed by atoms with E-state index in [1.54, 1.807) is 30.3 Å². The molecule has 0 unspecified atom stereocenters. The van der Waals surface area contributed by atoms with Gasteiger partial charge in [-0.1, -0.05) is 43.3 Å². The van der Waals surface area contributed by atoms with Crippen LogP contribution in [-0.2, 0) is 12.6 Å². The lowest BCUT2D eigenvalue weighted by Gasteiger charge is -2.15. The first-order valence-electron chi connectivity index (χ1n) is 9.44. The van der Waals surface area contributed by atoms with Crippen molar-refractivity contribution in [3.05, 3.63) is 90.0 Å². The number of alkyl halides is 3. The van der Waals surface area contributed by atoms with Crippen LogP contribution in [-0.4, -0.2) is 14.9 Å². The second-order valence-electron chi connectivity index (χ2n) is 6.79. The SMILES string of the molecule is CCc1c(-c2cc[c]cc2)nn(-c2ccccc2C(F)(F)F)c1-c1ccc(O)cc1. The largest absolute Gasteiger partial charge is 0.508 e. The van der Waals surface area contributed by atoms with Gasteiger partial charge in [-0.15, -0.1) is 0 Å². The molecule has 0 fully saturated rings. The third kappa shape index (κ3) is 3.56. The van der Waals surface area contributed by atoms with Crippen LogP contribution in [0.15, 0.2) is 72.8 Å². The average Bonchev–Trinajstić information content (AvgIpc) is 3.14. The van der Waals surface area contributed by atoms with E-state index >= 15 is 0 Å². The van der Waals surface area contributed by atoms with Gasteiger partial charge in [-0.3, -0.25) is 0 Å². The third-order valence-electron chi connectivity index (χ3n) is 4.91. The predicted molar refractivity (Wildman–Crippen MR) is 109 cm³/mol. The fraction of sp³-hybridized carbons (Fsp3) is 0.125. The van der Waals surface area contributed by atoms with E-state index in [1.165, 1.54) is 28.9 Å². The van der Waals surface area contributed by atoms with Crippen LogP contribution >= 0.6 is 0 Å². The lowest BCUT2D eigenvalue weighted by atomic mass is 9.99. The molecule has 0 aliphatic carbocycles. The smallest absolute Gasteiger partial charge is 0.418 e. The van der Waals surface area contributed by atoms with Crippen molar-refractivity contribution in [1.82, 2.24) is 9.78 Å². The molecular formula is C24H18F3N2O. The molecule has 1 heterocycles. The lowest BCUT2D eigenvalue weighted by molar-refractivity contribution is -0.137. The van der Waals surface area contributed by atoms with E-state index in [-0.39, 0.29) is 11.4 Å². The molecule has 6 heteroatoms. The second-order valence-corrected chi connectivity index (χ2v) is 6.79. The zero-order valence-electron chi connectivity index (χ0n) is 16.1. The van der Waals surface area contributed by atoms with Crippen LogP contribution in [0.5, 0.6) is 5.75 Å². The number of rotatable bonds is 4. The van der Waals surface area contributed by atoms with Crippen molar-refractivity contribution >= 4 is 0 Å². The van der Waals surface area contributed by atoms with E-state index in [1.807, 2.05) is 19.1 Å². The number of nitrogens with zero attached hydrogens (tertiary/aromatic N) is 2. The van der Waals surface area contributed by atoms with Crippen LogP contribution in [0.2, 0.25) is 0 Å². The number of phenolic OH excluding ortho intramolecular Hbond substituents is 1. The summed E-state index contributed by atoms with van der Waals surface area (Å²) in [6, 6.07) is 21.9. The molecular weight excluding hydrogens is 389 g/mol. The topological polar surface area (TPSA) is 38.0 Å². The highest BCUT2D eigenvalue weighted by molar-refractivity contribution is 5.76. The summed E-state index contributed by atoms with van der Waals surface area (Å²) in [7, 11) is 0. The zero-order chi connectivity index (χ0) is 21.3. The highest BCUT2D eigenvalue weighted by Crippen LogP contribution is 2.39. The highest BCUT2D eigenvalue weighted by atomic mass is 19.4. The van der Waals surface area contributed by atoms with Crippen molar-refractivity contribution < 1.29 is 18.3 Å². The van der Waals surface area contributed by atoms with Gasteiger partial charge in [-0.05, 0) is 48.9 Å². The maximum absolute atomic E-state index is 13.8. The molecule has 0 bridgehead atoms. The minimum absolute atomic E-state index is 0.0449. The molecule has 4 aromatic rings. The quantitative estimate of drug-likeness (QED) is 0.432. The fourth-order valence-corrected chi connectivity index (χ4v) is 3.55. The van der Waals surface area contributed by atoms with Gasteiger partial charge in [0.2, 0.25) is 0 Å². The second kappa shape index (κ2) is 7.71. The highest BCUT2D eigenvalue weighted by Gasteiger charge is 2.35. The summed E-state index contributed by atoms with van der Waals surface area (Å²) in [6.45, 7) is 1.94. The number of para-hydroxylation sites is 1. The minimum atomic E-state index is -4.52. The standard InChI is InChI=1S/C24H18F3N2O/c1-2-19-22(16-8-4-3-5-9-16)28-29(23(19)17-12-14-18(30)15-13-17)21-11-7-6-10-20(21)24(25,26)27/h4-15,30H,2H2,1H3. The van der Waals surface area contributed by atoms with Crippen molar-refractivity contribution in [2.75, 3.05) is 0 Å². The lowest BCUT2D eigenvalue weighted by Crippen LogP contribution is -2.12. The van der Waals surface area contributed by atoms with Gasteiger partial charge < -0.3 is 5.11 Å². The average molecular weight is 407 g/mol. The molecule has 1 N–H and O–H groups in total. The molecule has 0 spiro atoms. The van der Waals surface area contributed by atoms with Gasteiger partial charge >= 0.3 is 6.18 Å². The monoisotopic (exact) mass is 407 g/mol. The van der Waals surface area contributed by atoms with Crippen LogP contribution in [0.1, 0.15) is 18.1 Å². The molecule has 1 aromatic heterocycles. The molecule has 0 amide bonds. The summed E-state index contributed by atoms with van der Waals surface area (Å²) < 4.78 is 42.6. The Morgan fingerprint density at radius 3 is 2.23 bits per heavy atom. The van der Waals surface area contributed by atoms with Gasteiger partial charge in [0.15, 0.2) is 0 Å². The maximum atomic E-state index is 13.8. The van der Waals surface area contributed by atoms with Gasteiger partial charge in [0, 0.05) is 16.7 Å². The van der Waals surface area contributed by atoms with Crippen LogP contribution in [0.3, 0.4) is 0 Å². The summed E-state index contributed by atoms with van der Waals surface area (Å²) in [5, 5.41) is 14.3. The summed E-state index contributed by atoms with van der Waals surface area (Å²) in [5.41, 5.74) is 2.67. The number of hydrogen-bond donors (Lipinski definition) is 1. The molecule has 0 aliphatic rings. The number of hydrogen-bond acceptors (Lipinski definition) is 2. The van der Waals surface area contributed by atoms with Crippen molar-refractivity contribution in [2.45, 2.75) is 19.5 Å². The summed E-state index contributed by atoms with van der Waals surface area (Å²) in [6.07, 6.45) is -3.96. The number of aromatic hydroxyl groups is 1. The normalized spacial score (nSPS) is 11.6. The Morgan fingerprint density at radius 1 is 0.933 bits per heavy atom. The summed E-state index contributed by atoms with van der Waals surface area (Å²) >= 11 is 0. The molecule has 151 valence electrons. The molecule has 3 aromatic carbocycles. The Balaban J connectivity index is 2.06. The molecule has 0 aliphatic heterocycles. The number of halogens is 3. The van der Waals surface area contributed by atoms with Gasteiger partial charge in [0.25, 0.3) is 0 Å². The predicted octanol–water partition coefficient (Wildman–Crippen LogP) is 6.29. The van der Waals surface area contributed by atoms with E-state index in [9.17, 15) is 18.3 Å². The fourth-order valence-electron chi connectivity index (χ4n) is 3.55. The number of aromatic nitrogens is 2. The number of benzene rings is 3. The van der Waals surface area contributed by atoms with Gasteiger partial charge in [-0.25, -0.2) is 4.68 Å². The molecule has 0 atom stereocenters. The minimum Gasteiger partial charge on any atom is -0.508 e. The van der Waals surface area contributed by atoms with E-state index < -0.39 is 11.7 Å².